The fourth-order valence-corrected chi connectivity index (χ4v) is 5.98. The van der Waals surface area contributed by atoms with E-state index in [1.54, 1.807) is 13.0 Å². The number of carbonyl (C=O) groups excluding carboxylic acids is 2. The van der Waals surface area contributed by atoms with E-state index >= 15 is 0 Å². The summed E-state index contributed by atoms with van der Waals surface area (Å²) in [5.41, 5.74) is 1.30. The molecule has 0 saturated carbocycles. The summed E-state index contributed by atoms with van der Waals surface area (Å²) in [6, 6.07) is 7.67. The molecule has 0 aliphatic rings. The van der Waals surface area contributed by atoms with Crippen molar-refractivity contribution in [2.75, 3.05) is 19.8 Å². The second kappa shape index (κ2) is 32.8. The highest BCUT2D eigenvalue weighted by atomic mass is 16.6. The van der Waals surface area contributed by atoms with E-state index in [2.05, 4.69) is 13.8 Å². The number of rotatable bonds is 34. The van der Waals surface area contributed by atoms with Crippen molar-refractivity contribution >= 4 is 18.0 Å². The summed E-state index contributed by atoms with van der Waals surface area (Å²) in [6.45, 7) is 6.53. The molecule has 0 amide bonds. The minimum atomic E-state index is -1.05. The van der Waals surface area contributed by atoms with E-state index in [-0.39, 0.29) is 19.2 Å². The van der Waals surface area contributed by atoms with Crippen molar-refractivity contribution < 1.29 is 28.9 Å². The maximum Gasteiger partial charge on any atom is 0.333 e. The zero-order valence-corrected chi connectivity index (χ0v) is 32.0. The quantitative estimate of drug-likeness (QED) is 0.0441. The molecule has 49 heavy (non-hydrogen) atoms. The number of esters is 2. The number of ether oxygens (including phenoxy) is 3. The Kier molecular flexibility index (Phi) is 29.9. The average molecular weight is 687 g/mol. The Labute approximate surface area is 301 Å². The Bertz CT molecular complexity index is 940. The predicted octanol–water partition coefficient (Wildman–Crippen LogP) is 12.1. The molecule has 0 aliphatic carbocycles. The Balaban J connectivity index is 2.06. The predicted molar refractivity (Wildman–Crippen MR) is 205 cm³/mol. The van der Waals surface area contributed by atoms with E-state index < -0.39 is 12.1 Å². The molecule has 1 aromatic carbocycles. The Hall–Kier alpha value is -2.34. The lowest BCUT2D eigenvalue weighted by atomic mass is 10.0. The summed E-state index contributed by atoms with van der Waals surface area (Å²) < 4.78 is 16.3. The van der Waals surface area contributed by atoms with Crippen LogP contribution >= 0.6 is 0 Å². The minimum absolute atomic E-state index is 0.173. The van der Waals surface area contributed by atoms with Gasteiger partial charge in [0.1, 0.15) is 25.1 Å². The molecule has 0 saturated heterocycles. The van der Waals surface area contributed by atoms with E-state index in [0.717, 1.165) is 43.6 Å². The average Bonchev–Trinajstić information content (AvgIpc) is 3.10. The molecule has 6 heteroatoms. The minimum Gasteiger partial charge on any atom is -0.494 e. The fourth-order valence-electron chi connectivity index (χ4n) is 5.98. The van der Waals surface area contributed by atoms with Crippen molar-refractivity contribution in [3.8, 4) is 5.75 Å². The maximum atomic E-state index is 12.4. The van der Waals surface area contributed by atoms with E-state index in [9.17, 15) is 14.7 Å². The van der Waals surface area contributed by atoms with E-state index in [0.29, 0.717) is 12.0 Å². The van der Waals surface area contributed by atoms with Gasteiger partial charge in [-0.2, -0.15) is 0 Å². The summed E-state index contributed by atoms with van der Waals surface area (Å²) in [6.07, 6.45) is 33.3. The van der Waals surface area contributed by atoms with Gasteiger partial charge in [-0.15, -0.1) is 0 Å². The first kappa shape index (κ1) is 44.7. The third kappa shape index (κ3) is 28.1. The smallest absolute Gasteiger partial charge is 0.333 e. The SMILES string of the molecule is CCCCCCCCCCCCCCCC(=O)OCC(O)COC(=O)/C(C)=C/c1ccc(OCCCCCCCCCCCCCC)cc1. The van der Waals surface area contributed by atoms with Crippen LogP contribution < -0.4 is 4.74 Å². The molecule has 1 atom stereocenters. The van der Waals surface area contributed by atoms with Gasteiger partial charge in [0.25, 0.3) is 0 Å². The highest BCUT2D eigenvalue weighted by Crippen LogP contribution is 2.17. The Morgan fingerprint density at radius 1 is 0.592 bits per heavy atom. The van der Waals surface area contributed by atoms with Gasteiger partial charge in [0.2, 0.25) is 0 Å². The van der Waals surface area contributed by atoms with Gasteiger partial charge >= 0.3 is 11.9 Å². The van der Waals surface area contributed by atoms with Gasteiger partial charge in [0.05, 0.1) is 6.61 Å². The van der Waals surface area contributed by atoms with Crippen molar-refractivity contribution in [1.82, 2.24) is 0 Å². The molecule has 282 valence electrons. The standard InChI is InChI=1S/C43H74O6/c1-4-6-8-10-12-14-16-18-19-21-23-25-27-29-42(45)48-36-40(44)37-49-43(46)38(3)35-39-30-32-41(33-31-39)47-34-28-26-24-22-20-17-15-13-11-9-7-5-2/h30-33,35,40,44H,4-29,34,36-37H2,1-3H3/b38-35+. The van der Waals surface area contributed by atoms with Crippen LogP contribution in [0.1, 0.15) is 193 Å². The summed E-state index contributed by atoms with van der Waals surface area (Å²) in [5.74, 6) is 0.00268. The van der Waals surface area contributed by atoms with Crippen LogP contribution in [0.25, 0.3) is 6.08 Å². The van der Waals surface area contributed by atoms with Gasteiger partial charge < -0.3 is 19.3 Å². The Morgan fingerprint density at radius 2 is 1.00 bits per heavy atom. The molecule has 0 bridgehead atoms. The van der Waals surface area contributed by atoms with Crippen LogP contribution in [-0.2, 0) is 19.1 Å². The monoisotopic (exact) mass is 687 g/mol. The number of aliphatic hydroxyl groups excluding tert-OH is 1. The first-order valence-corrected chi connectivity index (χ1v) is 20.4. The molecular formula is C43H74O6. The largest absolute Gasteiger partial charge is 0.494 e. The van der Waals surface area contributed by atoms with Gasteiger partial charge in [-0.3, -0.25) is 4.79 Å². The highest BCUT2D eigenvalue weighted by Gasteiger charge is 2.13. The lowest BCUT2D eigenvalue weighted by Gasteiger charge is -2.12. The van der Waals surface area contributed by atoms with Crippen LogP contribution in [-0.4, -0.2) is 43.0 Å². The number of hydrogen-bond acceptors (Lipinski definition) is 6. The molecule has 0 heterocycles. The van der Waals surface area contributed by atoms with E-state index in [1.807, 2.05) is 24.3 Å². The molecule has 0 spiro atoms. The zero-order valence-electron chi connectivity index (χ0n) is 32.0. The lowest BCUT2D eigenvalue weighted by molar-refractivity contribution is -0.150. The van der Waals surface area contributed by atoms with E-state index in [1.165, 1.54) is 135 Å². The second-order valence-electron chi connectivity index (χ2n) is 14.1. The number of benzene rings is 1. The maximum absolute atomic E-state index is 12.4. The first-order chi connectivity index (χ1) is 24.0. The van der Waals surface area contributed by atoms with Gasteiger partial charge in [-0.1, -0.05) is 174 Å². The van der Waals surface area contributed by atoms with Crippen LogP contribution in [0.5, 0.6) is 5.75 Å². The van der Waals surface area contributed by atoms with Crippen molar-refractivity contribution in [2.24, 2.45) is 0 Å². The van der Waals surface area contributed by atoms with Crippen LogP contribution in [0.3, 0.4) is 0 Å². The van der Waals surface area contributed by atoms with E-state index in [4.69, 9.17) is 14.2 Å². The van der Waals surface area contributed by atoms with Crippen LogP contribution in [0.2, 0.25) is 0 Å². The van der Waals surface area contributed by atoms with Gasteiger partial charge in [-0.25, -0.2) is 4.79 Å². The molecule has 1 rings (SSSR count). The molecule has 0 aromatic heterocycles. The normalized spacial score (nSPS) is 12.2. The molecule has 6 nitrogen and oxygen atoms in total. The summed E-state index contributed by atoms with van der Waals surface area (Å²) in [4.78, 5) is 24.5. The lowest BCUT2D eigenvalue weighted by Crippen LogP contribution is -2.25. The number of carbonyl (C=O) groups is 2. The third-order valence-electron chi connectivity index (χ3n) is 9.18. The Morgan fingerprint density at radius 3 is 1.47 bits per heavy atom. The topological polar surface area (TPSA) is 82.1 Å². The highest BCUT2D eigenvalue weighted by molar-refractivity contribution is 5.93. The number of aliphatic hydroxyl groups is 1. The zero-order chi connectivity index (χ0) is 35.6. The molecule has 1 unspecified atom stereocenters. The molecular weight excluding hydrogens is 612 g/mol. The van der Waals surface area contributed by atoms with Gasteiger partial charge in [0, 0.05) is 12.0 Å². The van der Waals surface area contributed by atoms with Gasteiger partial charge in [-0.05, 0) is 43.5 Å². The second-order valence-corrected chi connectivity index (χ2v) is 14.1. The first-order valence-electron chi connectivity index (χ1n) is 20.4. The summed E-state index contributed by atoms with van der Waals surface area (Å²) in [5, 5.41) is 10.1. The van der Waals surface area contributed by atoms with Crippen molar-refractivity contribution in [3.63, 3.8) is 0 Å². The number of unbranched alkanes of at least 4 members (excludes halogenated alkanes) is 23. The number of hydrogen-bond donors (Lipinski definition) is 1. The van der Waals surface area contributed by atoms with Crippen molar-refractivity contribution in [1.29, 1.82) is 0 Å². The summed E-state index contributed by atoms with van der Waals surface area (Å²) in [7, 11) is 0. The van der Waals surface area contributed by atoms with Crippen LogP contribution in [0, 0.1) is 0 Å². The van der Waals surface area contributed by atoms with Crippen molar-refractivity contribution in [3.05, 3.63) is 35.4 Å². The van der Waals surface area contributed by atoms with Gasteiger partial charge in [0.15, 0.2) is 0 Å². The molecule has 1 aromatic rings. The molecule has 0 radical (unpaired) electrons. The van der Waals surface area contributed by atoms with Crippen molar-refractivity contribution in [2.45, 2.75) is 194 Å². The fraction of sp³-hybridized carbons (Fsp3) is 0.767. The summed E-state index contributed by atoms with van der Waals surface area (Å²) >= 11 is 0. The molecule has 1 N–H and O–H groups in total. The van der Waals surface area contributed by atoms with Crippen LogP contribution in [0.15, 0.2) is 29.8 Å². The van der Waals surface area contributed by atoms with Crippen LogP contribution in [0.4, 0.5) is 0 Å². The molecule has 0 aliphatic heterocycles. The molecule has 0 fully saturated rings. The third-order valence-corrected chi connectivity index (χ3v) is 9.18.